The minimum atomic E-state index is 0.0493. The van der Waals surface area contributed by atoms with E-state index >= 15 is 0 Å². The second-order valence-electron chi connectivity index (χ2n) is 5.12. The van der Waals surface area contributed by atoms with Gasteiger partial charge in [0.05, 0.1) is 0 Å². The third-order valence-corrected chi connectivity index (χ3v) is 3.55. The maximum atomic E-state index is 8.68. The van der Waals surface area contributed by atoms with Crippen molar-refractivity contribution in [1.29, 1.82) is 0 Å². The summed E-state index contributed by atoms with van der Waals surface area (Å²) in [6.45, 7) is 6.32. The highest BCUT2D eigenvalue weighted by Crippen LogP contribution is 2.13. The van der Waals surface area contributed by atoms with Crippen LogP contribution in [0.25, 0.3) is 0 Å². The summed E-state index contributed by atoms with van der Waals surface area (Å²) in [5.74, 6) is 0.0493. The fourth-order valence-corrected chi connectivity index (χ4v) is 2.41. The molecule has 1 aliphatic heterocycles. The van der Waals surface area contributed by atoms with E-state index in [1.54, 1.807) is 6.20 Å². The molecular weight excluding hydrogens is 242 g/mol. The van der Waals surface area contributed by atoms with Crippen LogP contribution in [0.1, 0.15) is 18.2 Å². The van der Waals surface area contributed by atoms with E-state index in [1.807, 2.05) is 12.1 Å². The maximum absolute atomic E-state index is 8.68. The number of aromatic nitrogens is 1. The lowest BCUT2D eigenvalue weighted by Crippen LogP contribution is -2.49. The molecule has 1 atom stereocenters. The van der Waals surface area contributed by atoms with Gasteiger partial charge in [-0.2, -0.15) is 0 Å². The smallest absolute Gasteiger partial charge is 0.188 e. The molecule has 2 rings (SSSR count). The molecular formula is C13H21N5O. The molecule has 2 heterocycles. The third-order valence-electron chi connectivity index (χ3n) is 3.55. The van der Waals surface area contributed by atoms with Crippen LogP contribution in [0.5, 0.6) is 0 Å². The van der Waals surface area contributed by atoms with Gasteiger partial charge in [0.15, 0.2) is 5.84 Å². The highest BCUT2D eigenvalue weighted by Gasteiger charge is 2.21. The first-order valence-corrected chi connectivity index (χ1v) is 6.45. The van der Waals surface area contributed by atoms with Crippen LogP contribution in [0.15, 0.2) is 23.5 Å². The topological polar surface area (TPSA) is 78.0 Å². The van der Waals surface area contributed by atoms with E-state index in [2.05, 4.69) is 33.9 Å². The molecule has 0 saturated carbocycles. The molecule has 19 heavy (non-hydrogen) atoms. The van der Waals surface area contributed by atoms with Crippen LogP contribution >= 0.6 is 0 Å². The van der Waals surface area contributed by atoms with E-state index < -0.39 is 0 Å². The molecule has 1 aromatic rings. The fourth-order valence-electron chi connectivity index (χ4n) is 2.41. The number of likely N-dealkylation sites (N-methyl/N-ethyl adjacent to an activating group) is 1. The zero-order valence-electron chi connectivity index (χ0n) is 11.5. The molecule has 0 bridgehead atoms. The van der Waals surface area contributed by atoms with Crippen molar-refractivity contribution < 1.29 is 5.21 Å². The van der Waals surface area contributed by atoms with Crippen molar-refractivity contribution in [3.63, 3.8) is 0 Å². The highest BCUT2D eigenvalue weighted by molar-refractivity contribution is 5.95. The molecule has 0 spiro atoms. The second-order valence-corrected chi connectivity index (χ2v) is 5.12. The fraction of sp³-hybridized carbons (Fsp3) is 0.538. The van der Waals surface area contributed by atoms with Crippen LogP contribution in [-0.4, -0.2) is 58.6 Å². The Kier molecular flexibility index (Phi) is 4.34. The van der Waals surface area contributed by atoms with Gasteiger partial charge < -0.3 is 15.8 Å². The molecule has 6 nitrogen and oxygen atoms in total. The average molecular weight is 263 g/mol. The number of oxime groups is 1. The second kappa shape index (κ2) is 5.99. The highest BCUT2D eigenvalue weighted by atomic mass is 16.4. The van der Waals surface area contributed by atoms with E-state index in [0.717, 1.165) is 31.7 Å². The van der Waals surface area contributed by atoms with Gasteiger partial charge in [-0.3, -0.25) is 9.88 Å². The zero-order valence-corrected chi connectivity index (χ0v) is 11.5. The Labute approximate surface area is 113 Å². The molecule has 0 aromatic carbocycles. The Morgan fingerprint density at radius 1 is 1.58 bits per heavy atom. The monoisotopic (exact) mass is 263 g/mol. The molecule has 1 aliphatic rings. The molecule has 0 aliphatic carbocycles. The van der Waals surface area contributed by atoms with Gasteiger partial charge in [0, 0.05) is 38.4 Å². The first kappa shape index (κ1) is 13.8. The van der Waals surface area contributed by atoms with Crippen molar-refractivity contribution in [2.24, 2.45) is 10.9 Å². The van der Waals surface area contributed by atoms with Crippen molar-refractivity contribution in [2.45, 2.75) is 19.5 Å². The van der Waals surface area contributed by atoms with Gasteiger partial charge in [-0.1, -0.05) is 5.16 Å². The molecule has 6 heteroatoms. The number of pyridine rings is 1. The quantitative estimate of drug-likeness (QED) is 0.355. The van der Waals surface area contributed by atoms with Gasteiger partial charge in [0.1, 0.15) is 5.69 Å². The lowest BCUT2D eigenvalue weighted by atomic mass is 10.1. The first-order valence-electron chi connectivity index (χ1n) is 6.45. The minimum Gasteiger partial charge on any atom is -0.409 e. The molecule has 3 N–H and O–H groups in total. The van der Waals surface area contributed by atoms with Gasteiger partial charge in [-0.25, -0.2) is 0 Å². The van der Waals surface area contributed by atoms with Crippen LogP contribution in [0.4, 0.5) is 0 Å². The lowest BCUT2D eigenvalue weighted by molar-refractivity contribution is 0.0938. The summed E-state index contributed by atoms with van der Waals surface area (Å²) in [6, 6.07) is 4.37. The molecule has 1 aromatic heterocycles. The van der Waals surface area contributed by atoms with E-state index in [1.165, 1.54) is 0 Å². The largest absolute Gasteiger partial charge is 0.409 e. The molecule has 1 unspecified atom stereocenters. The van der Waals surface area contributed by atoms with Crippen molar-refractivity contribution >= 4 is 5.84 Å². The maximum Gasteiger partial charge on any atom is 0.188 e. The summed E-state index contributed by atoms with van der Waals surface area (Å²) in [7, 11) is 2.15. The van der Waals surface area contributed by atoms with Crippen LogP contribution in [0.3, 0.4) is 0 Å². The summed E-state index contributed by atoms with van der Waals surface area (Å²) in [4.78, 5) is 8.87. The number of hydrogen-bond acceptors (Lipinski definition) is 5. The normalized spacial score (nSPS) is 22.6. The van der Waals surface area contributed by atoms with Gasteiger partial charge in [0.2, 0.25) is 0 Å². The first-order chi connectivity index (χ1) is 9.10. The molecule has 0 radical (unpaired) electrons. The lowest BCUT2D eigenvalue weighted by Gasteiger charge is -2.38. The van der Waals surface area contributed by atoms with Gasteiger partial charge in [-0.05, 0) is 31.7 Å². The molecule has 0 amide bonds. The van der Waals surface area contributed by atoms with E-state index in [9.17, 15) is 0 Å². The predicted octanol–water partition coefficient (Wildman–Crippen LogP) is 0.312. The Morgan fingerprint density at radius 2 is 2.37 bits per heavy atom. The van der Waals surface area contributed by atoms with Gasteiger partial charge in [0.25, 0.3) is 0 Å². The number of nitrogens with two attached hydrogens (primary N) is 1. The number of amidine groups is 1. The third kappa shape index (κ3) is 3.42. The summed E-state index contributed by atoms with van der Waals surface area (Å²) in [5.41, 5.74) is 7.21. The van der Waals surface area contributed by atoms with Crippen molar-refractivity contribution in [2.75, 3.05) is 26.7 Å². The Hall–Kier alpha value is -1.66. The molecule has 1 fully saturated rings. The standard InChI is InChI=1S/C13H21N5O/c1-10-8-17(2)5-6-18(10)9-11-3-4-15-12(7-11)13(14)16-19/h3-4,7,10,19H,5-6,8-9H2,1-2H3,(H2,14,16). The Balaban J connectivity index is 2.07. The Bertz CT molecular complexity index is 462. The van der Waals surface area contributed by atoms with E-state index in [-0.39, 0.29) is 5.84 Å². The average Bonchev–Trinajstić information content (AvgIpc) is 2.41. The summed E-state index contributed by atoms with van der Waals surface area (Å²) in [5, 5.41) is 11.7. The Morgan fingerprint density at radius 3 is 3.05 bits per heavy atom. The van der Waals surface area contributed by atoms with Gasteiger partial charge >= 0.3 is 0 Å². The minimum absolute atomic E-state index is 0.0493. The van der Waals surface area contributed by atoms with Crippen molar-refractivity contribution in [1.82, 2.24) is 14.8 Å². The van der Waals surface area contributed by atoms with Crippen LogP contribution < -0.4 is 5.73 Å². The van der Waals surface area contributed by atoms with Gasteiger partial charge in [-0.15, -0.1) is 0 Å². The van der Waals surface area contributed by atoms with Crippen LogP contribution in [0, 0.1) is 0 Å². The number of nitrogens with zero attached hydrogens (tertiary/aromatic N) is 4. The SMILES string of the molecule is CC1CN(C)CCN1Cc1ccnc(/C(N)=N/O)c1. The summed E-state index contributed by atoms with van der Waals surface area (Å²) < 4.78 is 0. The number of hydrogen-bond donors (Lipinski definition) is 2. The molecule has 104 valence electrons. The predicted molar refractivity (Wildman–Crippen MR) is 74.1 cm³/mol. The summed E-state index contributed by atoms with van der Waals surface area (Å²) >= 11 is 0. The zero-order chi connectivity index (χ0) is 13.8. The van der Waals surface area contributed by atoms with Crippen LogP contribution in [-0.2, 0) is 6.54 Å². The summed E-state index contributed by atoms with van der Waals surface area (Å²) in [6.07, 6.45) is 1.70. The van der Waals surface area contributed by atoms with E-state index in [4.69, 9.17) is 10.9 Å². The van der Waals surface area contributed by atoms with E-state index in [0.29, 0.717) is 11.7 Å². The van der Waals surface area contributed by atoms with Crippen LogP contribution in [0.2, 0.25) is 0 Å². The molecule has 1 saturated heterocycles. The number of piperazine rings is 1. The van der Waals surface area contributed by atoms with Crippen molar-refractivity contribution in [3.05, 3.63) is 29.6 Å². The van der Waals surface area contributed by atoms with Crippen molar-refractivity contribution in [3.8, 4) is 0 Å². The number of rotatable bonds is 3.